The molecule has 2 amide bonds. The van der Waals surface area contributed by atoms with Crippen LogP contribution in [-0.4, -0.2) is 55.3 Å². The van der Waals surface area contributed by atoms with Crippen LogP contribution >= 0.6 is 0 Å². The Morgan fingerprint density at radius 1 is 1.20 bits per heavy atom. The molecule has 6 nitrogen and oxygen atoms in total. The van der Waals surface area contributed by atoms with E-state index in [1.165, 1.54) is 19.1 Å². The van der Waals surface area contributed by atoms with E-state index in [1.54, 1.807) is 11.8 Å². The molecule has 1 fully saturated rings. The molecule has 25 heavy (non-hydrogen) atoms. The lowest BCUT2D eigenvalue weighted by molar-refractivity contribution is -0.917. The van der Waals surface area contributed by atoms with Crippen LogP contribution in [0.1, 0.15) is 13.8 Å². The van der Waals surface area contributed by atoms with Gasteiger partial charge in [0, 0.05) is 12.6 Å². The van der Waals surface area contributed by atoms with Crippen LogP contribution in [0.3, 0.4) is 0 Å². The molecule has 1 saturated heterocycles. The minimum absolute atomic E-state index is 0.0253. The van der Waals surface area contributed by atoms with Crippen molar-refractivity contribution < 1.29 is 32.4 Å². The summed E-state index contributed by atoms with van der Waals surface area (Å²) in [4.78, 5) is 26.4. The number of benzene rings is 1. The number of piperazine rings is 1. The number of carbonyl (C=O) groups is 2. The van der Waals surface area contributed by atoms with E-state index in [2.05, 4.69) is 10.1 Å². The molecular formula is C16H21F3N3O3+. The SMILES string of the molecule is CC(=O)N1CC[NH+]([C@@H](C)C(=O)Nc2ccc(OC(F)(F)F)cc2)CC1. The van der Waals surface area contributed by atoms with Crippen LogP contribution in [-0.2, 0) is 9.59 Å². The van der Waals surface area contributed by atoms with Crippen molar-refractivity contribution in [3.63, 3.8) is 0 Å². The highest BCUT2D eigenvalue weighted by Gasteiger charge is 2.31. The van der Waals surface area contributed by atoms with Crippen LogP contribution in [0.5, 0.6) is 5.75 Å². The average molecular weight is 360 g/mol. The van der Waals surface area contributed by atoms with Crippen LogP contribution < -0.4 is 15.0 Å². The topological polar surface area (TPSA) is 63.1 Å². The van der Waals surface area contributed by atoms with Gasteiger partial charge < -0.3 is 19.9 Å². The lowest BCUT2D eigenvalue weighted by Gasteiger charge is -2.34. The summed E-state index contributed by atoms with van der Waals surface area (Å²) in [6.07, 6.45) is -4.75. The molecular weight excluding hydrogens is 339 g/mol. The summed E-state index contributed by atoms with van der Waals surface area (Å²) in [5.41, 5.74) is 0.396. The van der Waals surface area contributed by atoms with Gasteiger partial charge in [-0.1, -0.05) is 0 Å². The number of anilines is 1. The molecule has 0 radical (unpaired) electrons. The predicted molar refractivity (Wildman–Crippen MR) is 84.2 cm³/mol. The zero-order valence-electron chi connectivity index (χ0n) is 14.0. The highest BCUT2D eigenvalue weighted by atomic mass is 19.4. The zero-order valence-corrected chi connectivity index (χ0v) is 14.0. The first-order valence-electron chi connectivity index (χ1n) is 7.92. The fourth-order valence-corrected chi connectivity index (χ4v) is 2.72. The maximum absolute atomic E-state index is 12.3. The van der Waals surface area contributed by atoms with Crippen LogP contribution in [0.15, 0.2) is 24.3 Å². The van der Waals surface area contributed by atoms with Crippen molar-refractivity contribution in [1.29, 1.82) is 0 Å². The molecule has 0 aliphatic carbocycles. The van der Waals surface area contributed by atoms with Crippen molar-refractivity contribution in [2.45, 2.75) is 26.3 Å². The fourth-order valence-electron chi connectivity index (χ4n) is 2.72. The smallest absolute Gasteiger partial charge is 0.406 e. The minimum atomic E-state index is -4.75. The van der Waals surface area contributed by atoms with Crippen LogP contribution in [0.25, 0.3) is 0 Å². The van der Waals surface area contributed by atoms with Crippen molar-refractivity contribution in [3.8, 4) is 5.75 Å². The molecule has 0 unspecified atom stereocenters. The molecule has 0 bridgehead atoms. The van der Waals surface area contributed by atoms with Crippen molar-refractivity contribution >= 4 is 17.5 Å². The molecule has 0 spiro atoms. The van der Waals surface area contributed by atoms with Crippen LogP contribution in [0, 0.1) is 0 Å². The molecule has 1 aliphatic rings. The van der Waals surface area contributed by atoms with E-state index in [0.717, 1.165) is 17.0 Å². The highest BCUT2D eigenvalue weighted by Crippen LogP contribution is 2.23. The quantitative estimate of drug-likeness (QED) is 0.829. The first-order valence-corrected chi connectivity index (χ1v) is 7.92. The summed E-state index contributed by atoms with van der Waals surface area (Å²) in [6.45, 7) is 5.86. The average Bonchev–Trinajstić information content (AvgIpc) is 2.54. The molecule has 0 aromatic heterocycles. The maximum Gasteiger partial charge on any atom is 0.573 e. The number of hydrogen-bond acceptors (Lipinski definition) is 3. The zero-order chi connectivity index (χ0) is 18.6. The molecule has 1 aliphatic heterocycles. The van der Waals surface area contributed by atoms with Gasteiger partial charge in [0.05, 0.1) is 26.2 Å². The lowest BCUT2D eigenvalue weighted by Crippen LogP contribution is -3.19. The summed E-state index contributed by atoms with van der Waals surface area (Å²) in [7, 11) is 0. The molecule has 1 aromatic carbocycles. The Balaban J connectivity index is 1.88. The van der Waals surface area contributed by atoms with Gasteiger partial charge >= 0.3 is 6.36 Å². The third-order valence-electron chi connectivity index (χ3n) is 4.21. The molecule has 1 atom stereocenters. The first kappa shape index (κ1) is 19.0. The summed E-state index contributed by atoms with van der Waals surface area (Å²) in [5.74, 6) is -0.544. The first-order chi connectivity index (χ1) is 11.7. The molecule has 1 aromatic rings. The van der Waals surface area contributed by atoms with E-state index >= 15 is 0 Å². The van der Waals surface area contributed by atoms with E-state index < -0.39 is 6.36 Å². The van der Waals surface area contributed by atoms with Crippen LogP contribution in [0.2, 0.25) is 0 Å². The van der Waals surface area contributed by atoms with E-state index in [9.17, 15) is 22.8 Å². The van der Waals surface area contributed by atoms with Gasteiger partial charge in [-0.05, 0) is 31.2 Å². The molecule has 138 valence electrons. The van der Waals surface area contributed by atoms with Crippen molar-refractivity contribution in [2.75, 3.05) is 31.5 Å². The number of alkyl halides is 3. The van der Waals surface area contributed by atoms with Crippen LogP contribution in [0.4, 0.5) is 18.9 Å². The fraction of sp³-hybridized carbons (Fsp3) is 0.500. The van der Waals surface area contributed by atoms with E-state index in [1.807, 2.05) is 0 Å². The maximum atomic E-state index is 12.3. The Hall–Kier alpha value is -2.29. The van der Waals surface area contributed by atoms with Gasteiger partial charge in [-0.2, -0.15) is 0 Å². The lowest BCUT2D eigenvalue weighted by atomic mass is 10.2. The Morgan fingerprint density at radius 3 is 2.24 bits per heavy atom. The Kier molecular flexibility index (Phi) is 5.89. The number of halogens is 3. The van der Waals surface area contributed by atoms with Crippen molar-refractivity contribution in [1.82, 2.24) is 4.90 Å². The summed E-state index contributed by atoms with van der Waals surface area (Å²) in [5, 5.41) is 2.69. The number of ether oxygens (including phenoxy) is 1. The third-order valence-corrected chi connectivity index (χ3v) is 4.21. The minimum Gasteiger partial charge on any atom is -0.406 e. The second-order valence-electron chi connectivity index (χ2n) is 5.95. The van der Waals surface area contributed by atoms with Gasteiger partial charge in [0.1, 0.15) is 5.75 Å². The Bertz CT molecular complexity index is 611. The summed E-state index contributed by atoms with van der Waals surface area (Å²) < 4.78 is 40.2. The summed E-state index contributed by atoms with van der Waals surface area (Å²) in [6, 6.07) is 4.67. The van der Waals surface area contributed by atoms with Gasteiger partial charge in [-0.15, -0.1) is 13.2 Å². The van der Waals surface area contributed by atoms with E-state index in [0.29, 0.717) is 31.9 Å². The van der Waals surface area contributed by atoms with Gasteiger partial charge in [-0.25, -0.2) is 0 Å². The summed E-state index contributed by atoms with van der Waals surface area (Å²) >= 11 is 0. The molecule has 1 heterocycles. The monoisotopic (exact) mass is 360 g/mol. The number of quaternary nitrogens is 1. The van der Waals surface area contributed by atoms with Gasteiger partial charge in [0.15, 0.2) is 6.04 Å². The number of carbonyl (C=O) groups excluding carboxylic acids is 2. The second kappa shape index (κ2) is 7.73. The standard InChI is InChI=1S/C16H20F3N3O3/c1-11(21-7-9-22(10-8-21)12(2)23)15(24)20-13-3-5-14(6-4-13)25-16(17,18)19/h3-6,11H,7-10H2,1-2H3,(H,20,24)/p+1/t11-/m0/s1. The number of hydrogen-bond donors (Lipinski definition) is 2. The Morgan fingerprint density at radius 2 is 1.76 bits per heavy atom. The van der Waals surface area contributed by atoms with Gasteiger partial charge in [0.2, 0.25) is 5.91 Å². The van der Waals surface area contributed by atoms with Crippen molar-refractivity contribution in [3.05, 3.63) is 24.3 Å². The predicted octanol–water partition coefficient (Wildman–Crippen LogP) is 0.659. The number of nitrogens with one attached hydrogen (secondary N) is 2. The van der Waals surface area contributed by atoms with Gasteiger partial charge in [-0.3, -0.25) is 9.59 Å². The number of nitrogens with zero attached hydrogens (tertiary/aromatic N) is 1. The largest absolute Gasteiger partial charge is 0.573 e. The van der Waals surface area contributed by atoms with Gasteiger partial charge in [0.25, 0.3) is 5.91 Å². The number of amides is 2. The van der Waals surface area contributed by atoms with E-state index in [-0.39, 0.29) is 23.6 Å². The highest BCUT2D eigenvalue weighted by molar-refractivity contribution is 5.93. The Labute approximate surface area is 143 Å². The second-order valence-corrected chi connectivity index (χ2v) is 5.95. The third kappa shape index (κ3) is 5.63. The molecule has 9 heteroatoms. The van der Waals surface area contributed by atoms with E-state index in [4.69, 9.17) is 0 Å². The van der Waals surface area contributed by atoms with Crippen molar-refractivity contribution in [2.24, 2.45) is 0 Å². The molecule has 2 rings (SSSR count). The molecule has 0 saturated carbocycles. The number of rotatable bonds is 4. The molecule has 2 N–H and O–H groups in total. The normalized spacial score (nSPS) is 17.1.